The van der Waals surface area contributed by atoms with E-state index in [1.165, 1.54) is 22.5 Å². The first-order valence-electron chi connectivity index (χ1n) is 7.81. The van der Waals surface area contributed by atoms with Crippen LogP contribution < -0.4 is 10.6 Å². The van der Waals surface area contributed by atoms with Crippen molar-refractivity contribution in [1.29, 1.82) is 0 Å². The van der Waals surface area contributed by atoms with Crippen molar-refractivity contribution in [3.8, 4) is 0 Å². The van der Waals surface area contributed by atoms with Crippen molar-refractivity contribution in [2.45, 2.75) is 26.1 Å². The molecular formula is C15H21ClFN3O4S. The van der Waals surface area contributed by atoms with Crippen LogP contribution in [0, 0.1) is 5.82 Å². The van der Waals surface area contributed by atoms with E-state index in [2.05, 4.69) is 10.6 Å². The largest absolute Gasteiger partial charge is 0.373 e. The summed E-state index contributed by atoms with van der Waals surface area (Å²) in [7, 11) is -3.52. The summed E-state index contributed by atoms with van der Waals surface area (Å²) >= 11 is 5.63. The van der Waals surface area contributed by atoms with Gasteiger partial charge < -0.3 is 15.4 Å². The van der Waals surface area contributed by atoms with Gasteiger partial charge in [0, 0.05) is 19.6 Å². The summed E-state index contributed by atoms with van der Waals surface area (Å²) in [6.07, 6.45) is -0.360. The van der Waals surface area contributed by atoms with Crippen LogP contribution >= 0.6 is 11.6 Å². The summed E-state index contributed by atoms with van der Waals surface area (Å²) in [5.41, 5.74) is -0.0799. The maximum Gasteiger partial charge on any atom is 0.319 e. The highest BCUT2D eigenvalue weighted by Gasteiger charge is 2.30. The highest BCUT2D eigenvalue weighted by atomic mass is 35.5. The summed E-state index contributed by atoms with van der Waals surface area (Å²) < 4.78 is 45.2. The summed E-state index contributed by atoms with van der Waals surface area (Å²) in [6.45, 7) is 4.09. The van der Waals surface area contributed by atoms with Crippen LogP contribution in [-0.2, 0) is 14.8 Å². The third-order valence-corrected chi connectivity index (χ3v) is 5.72. The molecule has 0 radical (unpaired) electrons. The van der Waals surface area contributed by atoms with Crippen molar-refractivity contribution in [2.24, 2.45) is 0 Å². The second kappa shape index (κ2) is 8.31. The van der Waals surface area contributed by atoms with Gasteiger partial charge in [-0.1, -0.05) is 17.7 Å². The molecule has 1 aliphatic rings. The van der Waals surface area contributed by atoms with Crippen LogP contribution in [0.5, 0.6) is 0 Å². The third-order valence-electron chi connectivity index (χ3n) is 3.62. The Morgan fingerprint density at radius 1 is 1.36 bits per heavy atom. The minimum atomic E-state index is -3.52. The zero-order chi connectivity index (χ0) is 18.6. The molecule has 2 unspecified atom stereocenters. The molecule has 0 bridgehead atoms. The number of amides is 2. The average Bonchev–Trinajstić information content (AvgIpc) is 2.51. The van der Waals surface area contributed by atoms with Gasteiger partial charge in [-0.25, -0.2) is 17.6 Å². The second-order valence-electron chi connectivity index (χ2n) is 5.87. The number of halogens is 2. The molecule has 10 heteroatoms. The highest BCUT2D eigenvalue weighted by Crippen LogP contribution is 2.21. The predicted molar refractivity (Wildman–Crippen MR) is 93.8 cm³/mol. The van der Waals surface area contributed by atoms with Gasteiger partial charge >= 0.3 is 6.03 Å². The Balaban J connectivity index is 1.85. The number of carbonyl (C=O) groups is 1. The number of hydrogen-bond donors (Lipinski definition) is 2. The molecule has 1 heterocycles. The molecule has 0 saturated carbocycles. The minimum absolute atomic E-state index is 0.0799. The van der Waals surface area contributed by atoms with Gasteiger partial charge in [-0.05, 0) is 26.0 Å². The molecule has 1 fully saturated rings. The molecule has 7 nitrogen and oxygen atoms in total. The van der Waals surface area contributed by atoms with Crippen LogP contribution in [0.4, 0.5) is 14.9 Å². The zero-order valence-corrected chi connectivity index (χ0v) is 15.5. The van der Waals surface area contributed by atoms with Gasteiger partial charge in [0.1, 0.15) is 0 Å². The van der Waals surface area contributed by atoms with Crippen LogP contribution in [0.3, 0.4) is 0 Å². The van der Waals surface area contributed by atoms with Crippen LogP contribution in [0.15, 0.2) is 18.2 Å². The number of anilines is 1. The summed E-state index contributed by atoms with van der Waals surface area (Å²) in [5.74, 6) is -0.999. The lowest BCUT2D eigenvalue weighted by molar-refractivity contribution is -0.0440. The van der Waals surface area contributed by atoms with Gasteiger partial charge in [-0.15, -0.1) is 0 Å². The minimum Gasteiger partial charge on any atom is -0.373 e. The van der Waals surface area contributed by atoms with Crippen molar-refractivity contribution in [3.63, 3.8) is 0 Å². The first-order chi connectivity index (χ1) is 11.7. The lowest BCUT2D eigenvalue weighted by atomic mass is 10.3. The van der Waals surface area contributed by atoms with E-state index in [4.69, 9.17) is 16.3 Å². The van der Waals surface area contributed by atoms with E-state index in [1.807, 2.05) is 13.8 Å². The molecule has 1 saturated heterocycles. The molecule has 0 aromatic heterocycles. The first kappa shape index (κ1) is 19.9. The van der Waals surface area contributed by atoms with E-state index in [0.29, 0.717) is 0 Å². The average molecular weight is 394 g/mol. The van der Waals surface area contributed by atoms with Crippen molar-refractivity contribution in [1.82, 2.24) is 9.62 Å². The van der Waals surface area contributed by atoms with Gasteiger partial charge in [0.05, 0.1) is 28.7 Å². The molecule has 0 aliphatic carbocycles. The molecule has 1 aromatic rings. The molecule has 2 rings (SSSR count). The number of hydrogen-bond acceptors (Lipinski definition) is 4. The highest BCUT2D eigenvalue weighted by molar-refractivity contribution is 7.89. The van der Waals surface area contributed by atoms with E-state index < -0.39 is 21.9 Å². The number of sulfonamides is 1. The number of carbonyl (C=O) groups excluding carboxylic acids is 1. The van der Waals surface area contributed by atoms with Gasteiger partial charge in [-0.3, -0.25) is 0 Å². The predicted octanol–water partition coefficient (Wildman–Crippen LogP) is 2.04. The Morgan fingerprint density at radius 2 is 2.00 bits per heavy atom. The summed E-state index contributed by atoms with van der Waals surface area (Å²) in [5, 5.41) is 4.58. The monoisotopic (exact) mass is 393 g/mol. The van der Waals surface area contributed by atoms with Crippen molar-refractivity contribution < 1.29 is 22.3 Å². The molecule has 0 spiro atoms. The molecule has 2 N–H and O–H groups in total. The molecule has 25 heavy (non-hydrogen) atoms. The molecule has 1 aliphatic heterocycles. The molecule has 2 atom stereocenters. The third kappa shape index (κ3) is 5.53. The van der Waals surface area contributed by atoms with Crippen molar-refractivity contribution in [3.05, 3.63) is 29.0 Å². The number of urea groups is 1. The standard InChI is InChI=1S/C15H21ClFN3O4S/c1-10-8-20(9-11(2)24-10)25(22,23)7-6-18-15(21)19-13-5-3-4-12(16)14(13)17/h3-5,10-11H,6-9H2,1-2H3,(H2,18,19,21). The van der Waals surface area contributed by atoms with E-state index in [1.54, 1.807) is 0 Å². The second-order valence-corrected chi connectivity index (χ2v) is 8.37. The molecule has 2 amide bonds. The van der Waals surface area contributed by atoms with Gasteiger partial charge in [-0.2, -0.15) is 4.31 Å². The Morgan fingerprint density at radius 3 is 2.64 bits per heavy atom. The fraction of sp³-hybridized carbons (Fsp3) is 0.533. The fourth-order valence-electron chi connectivity index (χ4n) is 2.55. The number of benzene rings is 1. The summed E-state index contributed by atoms with van der Waals surface area (Å²) in [4.78, 5) is 11.8. The van der Waals surface area contributed by atoms with Crippen molar-refractivity contribution in [2.75, 3.05) is 30.7 Å². The number of nitrogens with one attached hydrogen (secondary N) is 2. The van der Waals surface area contributed by atoms with E-state index in [9.17, 15) is 17.6 Å². The number of rotatable bonds is 5. The zero-order valence-electron chi connectivity index (χ0n) is 14.0. The lowest BCUT2D eigenvalue weighted by Gasteiger charge is -2.34. The Labute approximate surface area is 151 Å². The molecule has 1 aromatic carbocycles. The normalized spacial score (nSPS) is 21.8. The number of nitrogens with zero attached hydrogens (tertiary/aromatic N) is 1. The Kier molecular flexibility index (Phi) is 6.61. The molecule has 140 valence electrons. The van der Waals surface area contributed by atoms with Crippen LogP contribution in [0.25, 0.3) is 0 Å². The van der Waals surface area contributed by atoms with Gasteiger partial charge in [0.25, 0.3) is 0 Å². The summed E-state index contributed by atoms with van der Waals surface area (Å²) in [6, 6.07) is 3.50. The van der Waals surface area contributed by atoms with Gasteiger partial charge in [0.15, 0.2) is 5.82 Å². The lowest BCUT2D eigenvalue weighted by Crippen LogP contribution is -2.49. The molecular weight excluding hydrogens is 373 g/mol. The number of morpholine rings is 1. The maximum atomic E-state index is 13.7. The quantitative estimate of drug-likeness (QED) is 0.801. The van der Waals surface area contributed by atoms with E-state index >= 15 is 0 Å². The van der Waals surface area contributed by atoms with Crippen LogP contribution in [0.1, 0.15) is 13.8 Å². The topological polar surface area (TPSA) is 87.7 Å². The first-order valence-corrected chi connectivity index (χ1v) is 9.80. The fourth-order valence-corrected chi connectivity index (χ4v) is 4.21. The Bertz CT molecular complexity index is 721. The van der Waals surface area contributed by atoms with E-state index in [0.717, 1.165) is 0 Å². The smallest absolute Gasteiger partial charge is 0.319 e. The van der Waals surface area contributed by atoms with Crippen molar-refractivity contribution >= 4 is 33.3 Å². The Hall–Kier alpha value is -1.42. The van der Waals surface area contributed by atoms with Gasteiger partial charge in [0.2, 0.25) is 10.0 Å². The van der Waals surface area contributed by atoms with Crippen LogP contribution in [0.2, 0.25) is 5.02 Å². The van der Waals surface area contributed by atoms with Crippen LogP contribution in [-0.4, -0.2) is 56.3 Å². The number of ether oxygens (including phenoxy) is 1. The SMILES string of the molecule is CC1CN(S(=O)(=O)CCNC(=O)Nc2cccc(Cl)c2F)CC(C)O1. The maximum absolute atomic E-state index is 13.7. The van der Waals surface area contributed by atoms with E-state index in [-0.39, 0.29) is 48.3 Å².